The zero-order valence-corrected chi connectivity index (χ0v) is 11.9. The van der Waals surface area contributed by atoms with Crippen LogP contribution in [0.15, 0.2) is 38.3 Å². The average Bonchev–Trinajstić information content (AvgIpc) is 2.45. The van der Waals surface area contributed by atoms with E-state index in [1.807, 2.05) is 6.07 Å². The predicted octanol–water partition coefficient (Wildman–Crippen LogP) is 3.32. The molecule has 1 heterocycles. The van der Waals surface area contributed by atoms with Crippen molar-refractivity contribution in [3.8, 4) is 0 Å². The number of aryl methyl sites for hydroxylation is 1. The van der Waals surface area contributed by atoms with Gasteiger partial charge in [0, 0.05) is 6.54 Å². The quantitative estimate of drug-likeness (QED) is 0.728. The Morgan fingerprint density at radius 1 is 1.00 bits per heavy atom. The van der Waals surface area contributed by atoms with Crippen LogP contribution in [0.5, 0.6) is 0 Å². The summed E-state index contributed by atoms with van der Waals surface area (Å²) >= 11 is 0. The minimum atomic E-state index is -0.553. The van der Waals surface area contributed by atoms with Gasteiger partial charge in [-0.3, -0.25) is 4.57 Å². The number of rotatable bonds is 7. The van der Waals surface area contributed by atoms with E-state index in [0.29, 0.717) is 17.4 Å². The molecule has 0 amide bonds. The lowest BCUT2D eigenvalue weighted by Crippen LogP contribution is -2.25. The Morgan fingerprint density at radius 3 is 2.50 bits per heavy atom. The Bertz CT molecular complexity index is 669. The molecule has 0 atom stereocenters. The van der Waals surface area contributed by atoms with Gasteiger partial charge in [0.1, 0.15) is 0 Å². The van der Waals surface area contributed by atoms with Crippen molar-refractivity contribution < 1.29 is 4.42 Å². The maximum absolute atomic E-state index is 11.8. The van der Waals surface area contributed by atoms with E-state index in [4.69, 9.17) is 4.42 Å². The van der Waals surface area contributed by atoms with Gasteiger partial charge in [-0.05, 0) is 18.6 Å². The summed E-state index contributed by atoms with van der Waals surface area (Å²) in [6.07, 6.45) is 6.96. The molecule has 0 saturated heterocycles. The summed E-state index contributed by atoms with van der Waals surface area (Å²) in [6.45, 7) is 2.80. The zero-order chi connectivity index (χ0) is 14.4. The Kier molecular flexibility index (Phi) is 5.16. The molecular formula is C16H21NO3. The second kappa shape index (κ2) is 7.08. The van der Waals surface area contributed by atoms with Crippen LogP contribution in [0, 0.1) is 0 Å². The third-order valence-corrected chi connectivity index (χ3v) is 3.55. The molecule has 4 nitrogen and oxygen atoms in total. The van der Waals surface area contributed by atoms with Crippen LogP contribution in [0.2, 0.25) is 0 Å². The molecule has 0 bridgehead atoms. The topological polar surface area (TPSA) is 52.2 Å². The minimum Gasteiger partial charge on any atom is -0.372 e. The van der Waals surface area contributed by atoms with Gasteiger partial charge in [0.25, 0.3) is 0 Å². The van der Waals surface area contributed by atoms with Gasteiger partial charge >= 0.3 is 11.4 Å². The fourth-order valence-electron chi connectivity index (χ4n) is 2.43. The van der Waals surface area contributed by atoms with E-state index in [9.17, 15) is 9.59 Å². The molecule has 1 aromatic carbocycles. The van der Waals surface area contributed by atoms with Gasteiger partial charge in [-0.25, -0.2) is 9.59 Å². The highest BCUT2D eigenvalue weighted by atomic mass is 16.4. The SMILES string of the molecule is CCCCCCCCn1c(=O)oc(=O)c2ccccc21. The number of aromatic nitrogens is 1. The molecule has 0 N–H and O–H groups in total. The maximum atomic E-state index is 11.8. The second-order valence-electron chi connectivity index (χ2n) is 5.09. The number of hydrogen-bond donors (Lipinski definition) is 0. The van der Waals surface area contributed by atoms with Crippen LogP contribution in [0.4, 0.5) is 0 Å². The first-order valence-electron chi connectivity index (χ1n) is 7.36. The van der Waals surface area contributed by atoms with Crippen LogP contribution >= 0.6 is 0 Å². The number of para-hydroxylation sites is 1. The zero-order valence-electron chi connectivity index (χ0n) is 11.9. The van der Waals surface area contributed by atoms with Crippen molar-refractivity contribution in [3.05, 3.63) is 45.2 Å². The first kappa shape index (κ1) is 14.6. The van der Waals surface area contributed by atoms with Crippen molar-refractivity contribution in [3.63, 3.8) is 0 Å². The van der Waals surface area contributed by atoms with Gasteiger partial charge in [0.05, 0.1) is 10.9 Å². The third-order valence-electron chi connectivity index (χ3n) is 3.55. The third kappa shape index (κ3) is 3.38. The molecule has 2 rings (SSSR count). The average molecular weight is 275 g/mol. The van der Waals surface area contributed by atoms with Crippen molar-refractivity contribution >= 4 is 10.9 Å². The van der Waals surface area contributed by atoms with Gasteiger partial charge < -0.3 is 4.42 Å². The summed E-state index contributed by atoms with van der Waals surface area (Å²) < 4.78 is 6.33. The van der Waals surface area contributed by atoms with E-state index < -0.39 is 11.4 Å². The Hall–Kier alpha value is -1.84. The molecule has 2 aromatic rings. The lowest BCUT2D eigenvalue weighted by molar-refractivity contribution is 0.408. The summed E-state index contributed by atoms with van der Waals surface area (Å²) in [5.74, 6) is -0.553. The molecule has 0 unspecified atom stereocenters. The highest BCUT2D eigenvalue weighted by Gasteiger charge is 2.08. The molecule has 4 heteroatoms. The molecule has 0 radical (unpaired) electrons. The highest BCUT2D eigenvalue weighted by Crippen LogP contribution is 2.10. The van der Waals surface area contributed by atoms with E-state index in [-0.39, 0.29) is 0 Å². The molecule has 0 fully saturated rings. The maximum Gasteiger partial charge on any atom is 0.422 e. The summed E-state index contributed by atoms with van der Waals surface area (Å²) in [6, 6.07) is 7.10. The van der Waals surface area contributed by atoms with Gasteiger partial charge in [0.15, 0.2) is 0 Å². The monoisotopic (exact) mass is 275 g/mol. The van der Waals surface area contributed by atoms with Crippen molar-refractivity contribution in [2.24, 2.45) is 0 Å². The van der Waals surface area contributed by atoms with Gasteiger partial charge in [0.2, 0.25) is 0 Å². The summed E-state index contributed by atoms with van der Waals surface area (Å²) in [7, 11) is 0. The van der Waals surface area contributed by atoms with E-state index in [1.165, 1.54) is 25.7 Å². The molecule has 108 valence electrons. The van der Waals surface area contributed by atoms with Crippen molar-refractivity contribution in [2.75, 3.05) is 0 Å². The lowest BCUT2D eigenvalue weighted by Gasteiger charge is -2.08. The van der Waals surface area contributed by atoms with Crippen LogP contribution in [0.3, 0.4) is 0 Å². The van der Waals surface area contributed by atoms with E-state index in [2.05, 4.69) is 6.92 Å². The van der Waals surface area contributed by atoms with Crippen molar-refractivity contribution in [2.45, 2.75) is 52.0 Å². The molecule has 0 aliphatic heterocycles. The van der Waals surface area contributed by atoms with Crippen LogP contribution in [-0.2, 0) is 6.54 Å². The standard InChI is InChI=1S/C16H21NO3/c1-2-3-4-5-6-9-12-17-14-11-8-7-10-13(14)15(18)20-16(17)19/h7-8,10-11H,2-6,9,12H2,1H3. The summed E-state index contributed by atoms with van der Waals surface area (Å²) in [5, 5.41) is 0.470. The Balaban J connectivity index is 2.10. The number of nitrogens with zero attached hydrogens (tertiary/aromatic N) is 1. The molecule has 0 spiro atoms. The number of benzene rings is 1. The fraction of sp³-hybridized carbons (Fsp3) is 0.500. The Labute approximate surface area is 118 Å². The van der Waals surface area contributed by atoms with E-state index in [1.54, 1.807) is 22.8 Å². The van der Waals surface area contributed by atoms with Gasteiger partial charge in [-0.15, -0.1) is 0 Å². The van der Waals surface area contributed by atoms with Crippen LogP contribution in [0.1, 0.15) is 45.4 Å². The van der Waals surface area contributed by atoms with E-state index in [0.717, 1.165) is 12.8 Å². The fourth-order valence-corrected chi connectivity index (χ4v) is 2.43. The van der Waals surface area contributed by atoms with Crippen LogP contribution < -0.4 is 11.4 Å². The largest absolute Gasteiger partial charge is 0.422 e. The minimum absolute atomic E-state index is 0.470. The Morgan fingerprint density at radius 2 is 1.70 bits per heavy atom. The number of fused-ring (bicyclic) bond motifs is 1. The van der Waals surface area contributed by atoms with Gasteiger partial charge in [-0.2, -0.15) is 0 Å². The highest BCUT2D eigenvalue weighted by molar-refractivity contribution is 5.77. The lowest BCUT2D eigenvalue weighted by atomic mass is 10.1. The van der Waals surface area contributed by atoms with Crippen LogP contribution in [0.25, 0.3) is 10.9 Å². The molecule has 0 saturated carbocycles. The molecule has 1 aromatic heterocycles. The summed E-state index contributed by atoms with van der Waals surface area (Å²) in [4.78, 5) is 23.4. The van der Waals surface area contributed by atoms with Gasteiger partial charge in [-0.1, -0.05) is 51.2 Å². The molecule has 20 heavy (non-hydrogen) atoms. The molecule has 0 aliphatic carbocycles. The predicted molar refractivity (Wildman–Crippen MR) is 80.1 cm³/mol. The number of hydrogen-bond acceptors (Lipinski definition) is 3. The summed E-state index contributed by atoms with van der Waals surface area (Å²) in [5.41, 5.74) is 0.118. The second-order valence-corrected chi connectivity index (χ2v) is 5.09. The van der Waals surface area contributed by atoms with Crippen molar-refractivity contribution in [1.82, 2.24) is 4.57 Å². The molecular weight excluding hydrogens is 254 g/mol. The first-order chi connectivity index (χ1) is 9.74. The van der Waals surface area contributed by atoms with Crippen LogP contribution in [-0.4, -0.2) is 4.57 Å². The van der Waals surface area contributed by atoms with Crippen molar-refractivity contribution in [1.29, 1.82) is 0 Å². The molecule has 0 aliphatic rings. The normalized spacial score (nSPS) is 11.1. The number of unbranched alkanes of at least 4 members (excludes halogenated alkanes) is 5. The smallest absolute Gasteiger partial charge is 0.372 e. The first-order valence-corrected chi connectivity index (χ1v) is 7.36. The van der Waals surface area contributed by atoms with E-state index >= 15 is 0 Å².